The molecule has 2 aromatic rings. The summed E-state index contributed by atoms with van der Waals surface area (Å²) in [6.07, 6.45) is 2.00. The monoisotopic (exact) mass is 301 g/mol. The molecular weight excluding hydrogens is 286 g/mol. The van der Waals surface area contributed by atoms with Crippen LogP contribution < -0.4 is 16.4 Å². The summed E-state index contributed by atoms with van der Waals surface area (Å²) in [6, 6.07) is 13.4. The van der Waals surface area contributed by atoms with Crippen LogP contribution in [0.5, 0.6) is 0 Å². The van der Waals surface area contributed by atoms with Crippen LogP contribution in [-0.2, 0) is 0 Å². The van der Waals surface area contributed by atoms with Gasteiger partial charge in [0.2, 0.25) is 0 Å². The van der Waals surface area contributed by atoms with E-state index in [-0.39, 0.29) is 5.91 Å². The van der Waals surface area contributed by atoms with Gasteiger partial charge in [-0.05, 0) is 54.8 Å². The van der Waals surface area contributed by atoms with Gasteiger partial charge in [-0.2, -0.15) is 0 Å². The van der Waals surface area contributed by atoms with E-state index in [1.54, 1.807) is 36.0 Å². The van der Waals surface area contributed by atoms with Crippen molar-refractivity contribution in [3.05, 3.63) is 54.1 Å². The summed E-state index contributed by atoms with van der Waals surface area (Å²) in [5, 5.41) is 5.25. The lowest BCUT2D eigenvalue weighted by atomic mass is 10.2. The molecule has 4 N–H and O–H groups in total. The summed E-state index contributed by atoms with van der Waals surface area (Å²) in [4.78, 5) is 23.9. The van der Waals surface area contributed by atoms with E-state index < -0.39 is 6.03 Å². The maximum atomic E-state index is 12.1. The van der Waals surface area contributed by atoms with Gasteiger partial charge < -0.3 is 16.4 Å². The van der Waals surface area contributed by atoms with Crippen molar-refractivity contribution in [2.45, 2.75) is 4.90 Å². The van der Waals surface area contributed by atoms with Crippen LogP contribution >= 0.6 is 11.8 Å². The molecule has 0 aliphatic carbocycles. The first-order chi connectivity index (χ1) is 10.1. The Kier molecular flexibility index (Phi) is 4.84. The van der Waals surface area contributed by atoms with Crippen LogP contribution in [0.15, 0.2) is 53.4 Å². The molecule has 0 atom stereocenters. The molecule has 6 heteroatoms. The van der Waals surface area contributed by atoms with Crippen LogP contribution in [0, 0.1) is 0 Å². The molecule has 0 aliphatic heterocycles. The second-order valence-corrected chi connectivity index (χ2v) is 5.13. The summed E-state index contributed by atoms with van der Waals surface area (Å²) in [5.74, 6) is -0.211. The van der Waals surface area contributed by atoms with Gasteiger partial charge in [0, 0.05) is 21.8 Å². The van der Waals surface area contributed by atoms with Crippen molar-refractivity contribution in [2.75, 3.05) is 16.9 Å². The highest BCUT2D eigenvalue weighted by Crippen LogP contribution is 2.18. The normalized spacial score (nSPS) is 9.95. The zero-order valence-electron chi connectivity index (χ0n) is 11.4. The quantitative estimate of drug-likeness (QED) is 0.758. The number of nitrogens with one attached hydrogen (secondary N) is 2. The molecule has 5 nitrogen and oxygen atoms in total. The minimum atomic E-state index is -0.638. The number of anilines is 2. The highest BCUT2D eigenvalue weighted by Gasteiger charge is 2.06. The zero-order valence-corrected chi connectivity index (χ0v) is 12.2. The number of amides is 3. The number of nitrogens with two attached hydrogens (primary N) is 1. The Balaban J connectivity index is 2.03. The SMILES string of the molecule is CSc1ccc(NC(=O)c2ccc(NC(N)=O)cc2)cc1. The number of primary amides is 1. The summed E-state index contributed by atoms with van der Waals surface area (Å²) in [6.45, 7) is 0. The van der Waals surface area contributed by atoms with Gasteiger partial charge in [-0.25, -0.2) is 4.79 Å². The number of thioether (sulfide) groups is 1. The third-order valence-electron chi connectivity index (χ3n) is 2.76. The van der Waals surface area contributed by atoms with E-state index in [2.05, 4.69) is 10.6 Å². The highest BCUT2D eigenvalue weighted by atomic mass is 32.2. The molecule has 0 heterocycles. The van der Waals surface area contributed by atoms with E-state index in [1.165, 1.54) is 0 Å². The fraction of sp³-hybridized carbons (Fsp3) is 0.0667. The van der Waals surface area contributed by atoms with Crippen LogP contribution in [-0.4, -0.2) is 18.2 Å². The zero-order chi connectivity index (χ0) is 15.2. The highest BCUT2D eigenvalue weighted by molar-refractivity contribution is 7.98. The van der Waals surface area contributed by atoms with E-state index in [0.29, 0.717) is 11.3 Å². The standard InChI is InChI=1S/C15H15N3O2S/c1-21-13-8-6-11(7-9-13)17-14(19)10-2-4-12(5-3-10)18-15(16)20/h2-9H,1H3,(H,17,19)(H3,16,18,20). The van der Waals surface area contributed by atoms with Crippen molar-refractivity contribution < 1.29 is 9.59 Å². The van der Waals surface area contributed by atoms with Crippen molar-refractivity contribution in [2.24, 2.45) is 5.73 Å². The molecule has 0 bridgehead atoms. The first-order valence-electron chi connectivity index (χ1n) is 6.20. The summed E-state index contributed by atoms with van der Waals surface area (Å²) >= 11 is 1.64. The molecule has 0 saturated carbocycles. The molecule has 0 aliphatic rings. The van der Waals surface area contributed by atoms with Crippen LogP contribution in [0.2, 0.25) is 0 Å². The number of hydrogen-bond donors (Lipinski definition) is 3. The minimum Gasteiger partial charge on any atom is -0.351 e. The lowest BCUT2D eigenvalue weighted by Gasteiger charge is -2.07. The molecule has 0 fully saturated rings. The van der Waals surface area contributed by atoms with Gasteiger partial charge in [-0.1, -0.05) is 0 Å². The third-order valence-corrected chi connectivity index (χ3v) is 3.51. The first kappa shape index (κ1) is 14.9. The molecule has 0 unspecified atom stereocenters. The Labute approximate surface area is 126 Å². The van der Waals surface area contributed by atoms with Crippen molar-refractivity contribution in [3.8, 4) is 0 Å². The Morgan fingerprint density at radius 3 is 1.95 bits per heavy atom. The topological polar surface area (TPSA) is 84.2 Å². The number of rotatable bonds is 4. The molecule has 2 rings (SSSR count). The van der Waals surface area contributed by atoms with Gasteiger partial charge in [0.05, 0.1) is 0 Å². The largest absolute Gasteiger partial charge is 0.351 e. The maximum Gasteiger partial charge on any atom is 0.316 e. The van der Waals surface area contributed by atoms with Crippen molar-refractivity contribution in [1.82, 2.24) is 0 Å². The van der Waals surface area contributed by atoms with Crippen molar-refractivity contribution >= 4 is 35.1 Å². The van der Waals surface area contributed by atoms with E-state index >= 15 is 0 Å². The second-order valence-electron chi connectivity index (χ2n) is 4.25. The van der Waals surface area contributed by atoms with Crippen molar-refractivity contribution in [1.29, 1.82) is 0 Å². The molecule has 0 spiro atoms. The van der Waals surface area contributed by atoms with Gasteiger partial charge >= 0.3 is 6.03 Å². The fourth-order valence-electron chi connectivity index (χ4n) is 1.72. The van der Waals surface area contributed by atoms with Gasteiger partial charge in [0.25, 0.3) is 5.91 Å². The molecule has 0 saturated heterocycles. The number of hydrogen-bond acceptors (Lipinski definition) is 3. The van der Waals surface area contributed by atoms with Gasteiger partial charge in [0.15, 0.2) is 0 Å². The average Bonchev–Trinajstić information content (AvgIpc) is 2.48. The van der Waals surface area contributed by atoms with Crippen LogP contribution in [0.4, 0.5) is 16.2 Å². The van der Waals surface area contributed by atoms with E-state index in [1.807, 2.05) is 30.5 Å². The smallest absolute Gasteiger partial charge is 0.316 e. The Morgan fingerprint density at radius 1 is 0.905 bits per heavy atom. The number of carbonyl (C=O) groups excluding carboxylic acids is 2. The molecule has 0 aromatic heterocycles. The molecule has 21 heavy (non-hydrogen) atoms. The Bertz CT molecular complexity index is 639. The maximum absolute atomic E-state index is 12.1. The lowest BCUT2D eigenvalue weighted by Crippen LogP contribution is -2.19. The van der Waals surface area contributed by atoms with Crippen molar-refractivity contribution in [3.63, 3.8) is 0 Å². The van der Waals surface area contributed by atoms with Crippen LogP contribution in [0.3, 0.4) is 0 Å². The Morgan fingerprint density at radius 2 is 1.43 bits per heavy atom. The summed E-state index contributed by atoms with van der Waals surface area (Å²) in [5.41, 5.74) is 6.79. The first-order valence-corrected chi connectivity index (χ1v) is 7.43. The van der Waals surface area contributed by atoms with Gasteiger partial charge in [0.1, 0.15) is 0 Å². The average molecular weight is 301 g/mol. The molecule has 2 aromatic carbocycles. The molecule has 3 amide bonds. The van der Waals surface area contributed by atoms with Crippen LogP contribution in [0.1, 0.15) is 10.4 Å². The van der Waals surface area contributed by atoms with E-state index in [0.717, 1.165) is 10.6 Å². The lowest BCUT2D eigenvalue weighted by molar-refractivity contribution is 0.102. The number of carbonyl (C=O) groups is 2. The number of benzene rings is 2. The Hall–Kier alpha value is -2.47. The third kappa shape index (κ3) is 4.25. The number of urea groups is 1. The second kappa shape index (κ2) is 6.81. The predicted octanol–water partition coefficient (Wildman–Crippen LogP) is 3.15. The molecule has 108 valence electrons. The van der Waals surface area contributed by atoms with E-state index in [4.69, 9.17) is 5.73 Å². The predicted molar refractivity (Wildman–Crippen MR) is 85.8 cm³/mol. The molecule has 0 radical (unpaired) electrons. The summed E-state index contributed by atoms with van der Waals surface area (Å²) < 4.78 is 0. The fourth-order valence-corrected chi connectivity index (χ4v) is 2.13. The summed E-state index contributed by atoms with van der Waals surface area (Å²) in [7, 11) is 0. The minimum absolute atomic E-state index is 0.211. The van der Waals surface area contributed by atoms with Gasteiger partial charge in [-0.15, -0.1) is 11.8 Å². The van der Waals surface area contributed by atoms with Gasteiger partial charge in [-0.3, -0.25) is 4.79 Å². The van der Waals surface area contributed by atoms with E-state index in [9.17, 15) is 9.59 Å². The molecular formula is C15H15N3O2S. The van der Waals surface area contributed by atoms with Crippen LogP contribution in [0.25, 0.3) is 0 Å².